The summed E-state index contributed by atoms with van der Waals surface area (Å²) in [5.74, 6) is -4.67. The van der Waals surface area contributed by atoms with E-state index in [1.54, 1.807) is 13.8 Å². The van der Waals surface area contributed by atoms with Gasteiger partial charge in [-0.05, 0) is 18.4 Å². The molecule has 0 aromatic heterocycles. The SMILES string of the molecule is COC(=O)CN(C(=O)C[C@@H]1CCC(=O)N1Cc1cccc(F)c1F)[C@H](C(=O)OC)C(C)C. The zero-order valence-electron chi connectivity index (χ0n) is 18.6. The Morgan fingerprint density at radius 1 is 1.19 bits per heavy atom. The van der Waals surface area contributed by atoms with Gasteiger partial charge in [0.1, 0.15) is 12.6 Å². The molecule has 2 atom stereocenters. The summed E-state index contributed by atoms with van der Waals surface area (Å²) in [6, 6.07) is 2.07. The quantitative estimate of drug-likeness (QED) is 0.530. The highest BCUT2D eigenvalue weighted by Crippen LogP contribution is 2.27. The Kier molecular flexibility index (Phi) is 8.68. The van der Waals surface area contributed by atoms with E-state index in [4.69, 9.17) is 4.74 Å². The van der Waals surface area contributed by atoms with Crippen LogP contribution in [0.15, 0.2) is 18.2 Å². The minimum Gasteiger partial charge on any atom is -0.468 e. The molecule has 1 aromatic carbocycles. The summed E-state index contributed by atoms with van der Waals surface area (Å²) >= 11 is 0. The third-order valence-electron chi connectivity index (χ3n) is 5.49. The van der Waals surface area contributed by atoms with Crippen molar-refractivity contribution in [3.63, 3.8) is 0 Å². The first kappa shape index (κ1) is 25.2. The molecule has 8 nitrogen and oxygen atoms in total. The number of rotatable bonds is 9. The molecule has 0 spiro atoms. The molecule has 0 N–H and O–H groups in total. The lowest BCUT2D eigenvalue weighted by molar-refractivity contribution is -0.159. The van der Waals surface area contributed by atoms with Gasteiger partial charge in [0.25, 0.3) is 0 Å². The van der Waals surface area contributed by atoms with Gasteiger partial charge in [0.2, 0.25) is 11.8 Å². The van der Waals surface area contributed by atoms with Crippen LogP contribution in [0, 0.1) is 17.6 Å². The van der Waals surface area contributed by atoms with Crippen molar-refractivity contribution in [1.82, 2.24) is 9.80 Å². The number of benzene rings is 1. The topological polar surface area (TPSA) is 93.2 Å². The number of hydrogen-bond donors (Lipinski definition) is 0. The average molecular weight is 454 g/mol. The Balaban J connectivity index is 2.25. The van der Waals surface area contributed by atoms with Gasteiger partial charge in [0, 0.05) is 31.0 Å². The zero-order valence-corrected chi connectivity index (χ0v) is 18.6. The molecule has 10 heteroatoms. The Bertz CT molecular complexity index is 876. The summed E-state index contributed by atoms with van der Waals surface area (Å²) in [6.45, 7) is 2.75. The van der Waals surface area contributed by atoms with E-state index in [1.165, 1.54) is 31.3 Å². The fourth-order valence-electron chi connectivity index (χ4n) is 3.82. The van der Waals surface area contributed by atoms with E-state index in [1.807, 2.05) is 0 Å². The van der Waals surface area contributed by atoms with E-state index in [9.17, 15) is 28.0 Å². The number of ether oxygens (including phenoxy) is 2. The summed E-state index contributed by atoms with van der Waals surface area (Å²) < 4.78 is 37.1. The van der Waals surface area contributed by atoms with E-state index < -0.39 is 48.1 Å². The lowest BCUT2D eigenvalue weighted by Crippen LogP contribution is -2.52. The van der Waals surface area contributed by atoms with Crippen LogP contribution in [0.1, 0.15) is 38.7 Å². The van der Waals surface area contributed by atoms with Gasteiger partial charge in [0.15, 0.2) is 11.6 Å². The number of hydrogen-bond acceptors (Lipinski definition) is 6. The van der Waals surface area contributed by atoms with Gasteiger partial charge in [-0.15, -0.1) is 0 Å². The van der Waals surface area contributed by atoms with Gasteiger partial charge in [0.05, 0.1) is 14.2 Å². The predicted molar refractivity (Wildman–Crippen MR) is 109 cm³/mol. The molecule has 0 radical (unpaired) electrons. The molecule has 2 amide bonds. The monoisotopic (exact) mass is 454 g/mol. The Morgan fingerprint density at radius 3 is 2.47 bits per heavy atom. The Labute approximate surface area is 185 Å². The maximum absolute atomic E-state index is 14.1. The van der Waals surface area contributed by atoms with E-state index in [2.05, 4.69) is 4.74 Å². The van der Waals surface area contributed by atoms with Crippen molar-refractivity contribution in [3.8, 4) is 0 Å². The summed E-state index contributed by atoms with van der Waals surface area (Å²) in [7, 11) is 2.35. The summed E-state index contributed by atoms with van der Waals surface area (Å²) in [5.41, 5.74) is -0.00117. The first-order chi connectivity index (χ1) is 15.1. The molecule has 1 aromatic rings. The Morgan fingerprint density at radius 2 is 1.88 bits per heavy atom. The van der Waals surface area contributed by atoms with E-state index >= 15 is 0 Å². The van der Waals surface area contributed by atoms with Crippen LogP contribution in [0.25, 0.3) is 0 Å². The first-order valence-electron chi connectivity index (χ1n) is 10.3. The molecule has 1 aliphatic rings. The van der Waals surface area contributed by atoms with E-state index in [0.29, 0.717) is 6.42 Å². The minimum absolute atomic E-state index is 0.00117. The number of methoxy groups -OCH3 is 2. The van der Waals surface area contributed by atoms with Crippen LogP contribution in [-0.4, -0.2) is 66.4 Å². The largest absolute Gasteiger partial charge is 0.468 e. The van der Waals surface area contributed by atoms with Crippen molar-refractivity contribution in [2.75, 3.05) is 20.8 Å². The second kappa shape index (κ2) is 11.0. The summed E-state index contributed by atoms with van der Waals surface area (Å²) in [6.07, 6.45) is 0.286. The van der Waals surface area contributed by atoms with Crippen LogP contribution in [0.4, 0.5) is 8.78 Å². The van der Waals surface area contributed by atoms with Crippen LogP contribution in [0.3, 0.4) is 0 Å². The fraction of sp³-hybridized carbons (Fsp3) is 0.545. The molecule has 1 heterocycles. The molecule has 2 rings (SSSR count). The first-order valence-corrected chi connectivity index (χ1v) is 10.3. The molecule has 1 fully saturated rings. The highest BCUT2D eigenvalue weighted by Gasteiger charge is 2.39. The van der Waals surface area contributed by atoms with Crippen molar-refractivity contribution in [3.05, 3.63) is 35.4 Å². The zero-order chi connectivity index (χ0) is 24.0. The molecule has 32 heavy (non-hydrogen) atoms. The van der Waals surface area contributed by atoms with Gasteiger partial charge < -0.3 is 19.3 Å². The highest BCUT2D eigenvalue weighted by molar-refractivity contribution is 5.89. The van der Waals surface area contributed by atoms with Gasteiger partial charge in [-0.2, -0.15) is 0 Å². The lowest BCUT2D eigenvalue weighted by Gasteiger charge is -2.33. The van der Waals surface area contributed by atoms with Gasteiger partial charge >= 0.3 is 11.9 Å². The van der Waals surface area contributed by atoms with Crippen molar-refractivity contribution >= 4 is 23.8 Å². The van der Waals surface area contributed by atoms with Gasteiger partial charge in [-0.25, -0.2) is 13.6 Å². The third kappa shape index (κ3) is 5.80. The molecule has 1 saturated heterocycles. The van der Waals surface area contributed by atoms with Crippen LogP contribution in [0.2, 0.25) is 0 Å². The second-order valence-corrected chi connectivity index (χ2v) is 7.94. The third-order valence-corrected chi connectivity index (χ3v) is 5.49. The molecular formula is C22H28F2N2O6. The molecule has 0 aliphatic carbocycles. The lowest BCUT2D eigenvalue weighted by atomic mass is 10.0. The van der Waals surface area contributed by atoms with Crippen molar-refractivity contribution in [2.24, 2.45) is 5.92 Å². The molecule has 1 aliphatic heterocycles. The minimum atomic E-state index is -1.05. The van der Waals surface area contributed by atoms with Crippen molar-refractivity contribution in [2.45, 2.75) is 51.7 Å². The standard InChI is InChI=1S/C22H28F2N2O6/c1-13(2)21(22(30)32-4)26(12-19(29)31-3)18(28)10-15-8-9-17(27)25(15)11-14-6-5-7-16(23)20(14)24/h5-7,13,15,21H,8-12H2,1-4H3/t15-,21-/m0/s1. The second-order valence-electron chi connectivity index (χ2n) is 7.94. The van der Waals surface area contributed by atoms with E-state index in [-0.39, 0.29) is 36.8 Å². The number of amides is 2. The van der Waals surface area contributed by atoms with Crippen LogP contribution < -0.4 is 0 Å². The number of carbonyl (C=O) groups excluding carboxylic acids is 4. The number of esters is 2. The van der Waals surface area contributed by atoms with Crippen LogP contribution >= 0.6 is 0 Å². The summed E-state index contributed by atoms with van der Waals surface area (Å²) in [4.78, 5) is 52.2. The average Bonchev–Trinajstić information content (AvgIpc) is 3.09. The van der Waals surface area contributed by atoms with Crippen LogP contribution in [0.5, 0.6) is 0 Å². The number of carbonyl (C=O) groups is 4. The Hall–Kier alpha value is -3.04. The molecule has 176 valence electrons. The van der Waals surface area contributed by atoms with Crippen molar-refractivity contribution in [1.29, 1.82) is 0 Å². The predicted octanol–water partition coefficient (Wildman–Crippen LogP) is 2.05. The molecular weight excluding hydrogens is 426 g/mol. The fourth-order valence-corrected chi connectivity index (χ4v) is 3.82. The number of likely N-dealkylation sites (tertiary alicyclic amines) is 1. The molecule has 0 bridgehead atoms. The molecule has 0 unspecified atom stereocenters. The molecule has 0 saturated carbocycles. The van der Waals surface area contributed by atoms with Crippen molar-refractivity contribution < 1.29 is 37.4 Å². The summed E-state index contributed by atoms with van der Waals surface area (Å²) in [5, 5.41) is 0. The smallest absolute Gasteiger partial charge is 0.328 e. The highest BCUT2D eigenvalue weighted by atomic mass is 19.2. The van der Waals surface area contributed by atoms with Gasteiger partial charge in [-0.1, -0.05) is 26.0 Å². The maximum atomic E-state index is 14.1. The number of nitrogens with zero attached hydrogens (tertiary/aromatic N) is 2. The number of halogens is 2. The maximum Gasteiger partial charge on any atom is 0.328 e. The normalized spacial score (nSPS) is 16.8. The van der Waals surface area contributed by atoms with E-state index in [0.717, 1.165) is 11.0 Å². The van der Waals surface area contributed by atoms with Crippen LogP contribution in [-0.2, 0) is 35.2 Å². The van der Waals surface area contributed by atoms with Gasteiger partial charge in [-0.3, -0.25) is 14.4 Å².